The van der Waals surface area contributed by atoms with Crippen molar-refractivity contribution in [2.75, 3.05) is 51.8 Å². The second-order valence-corrected chi connectivity index (χ2v) is 6.59. The number of morpholine rings is 1. The maximum Gasteiger partial charge on any atom is 0.337 e. The van der Waals surface area contributed by atoms with Crippen molar-refractivity contribution in [2.45, 2.75) is 6.92 Å². The van der Waals surface area contributed by atoms with Crippen molar-refractivity contribution < 1.29 is 19.1 Å². The van der Waals surface area contributed by atoms with Crippen LogP contribution in [0, 0.1) is 6.92 Å². The van der Waals surface area contributed by atoms with E-state index < -0.39 is 5.97 Å². The molecule has 9 nitrogen and oxygen atoms in total. The van der Waals surface area contributed by atoms with Gasteiger partial charge in [-0.05, 0) is 25.1 Å². The molecule has 2 heterocycles. The minimum atomic E-state index is -0.423. The van der Waals surface area contributed by atoms with Gasteiger partial charge in [-0.15, -0.1) is 0 Å². The summed E-state index contributed by atoms with van der Waals surface area (Å²) >= 11 is 0. The summed E-state index contributed by atoms with van der Waals surface area (Å²) in [6.07, 6.45) is 0. The van der Waals surface area contributed by atoms with Crippen molar-refractivity contribution in [2.24, 2.45) is 0 Å². The molecule has 0 radical (unpaired) electrons. The molecule has 154 valence electrons. The highest BCUT2D eigenvalue weighted by Gasteiger charge is 2.13. The molecule has 0 unspecified atom stereocenters. The van der Waals surface area contributed by atoms with Crippen LogP contribution in [0.3, 0.4) is 0 Å². The van der Waals surface area contributed by atoms with E-state index in [-0.39, 0.29) is 11.6 Å². The van der Waals surface area contributed by atoms with E-state index in [1.54, 1.807) is 37.3 Å². The number of ether oxygens (including phenoxy) is 2. The minimum Gasteiger partial charge on any atom is -0.465 e. The highest BCUT2D eigenvalue weighted by atomic mass is 16.5. The van der Waals surface area contributed by atoms with Crippen LogP contribution in [0.15, 0.2) is 30.3 Å². The van der Waals surface area contributed by atoms with Gasteiger partial charge in [0.2, 0.25) is 0 Å². The predicted octanol–water partition coefficient (Wildman–Crippen LogP) is 1.38. The normalized spacial score (nSPS) is 14.3. The molecule has 1 aliphatic rings. The van der Waals surface area contributed by atoms with E-state index in [0.717, 1.165) is 32.8 Å². The predicted molar refractivity (Wildman–Crippen MR) is 107 cm³/mol. The molecule has 1 fully saturated rings. The number of amides is 1. The molecule has 0 bridgehead atoms. The third-order valence-corrected chi connectivity index (χ3v) is 4.44. The topological polar surface area (TPSA) is 106 Å². The van der Waals surface area contributed by atoms with Crippen molar-refractivity contribution in [1.82, 2.24) is 20.2 Å². The number of anilines is 2. The summed E-state index contributed by atoms with van der Waals surface area (Å²) < 4.78 is 10.1. The standard InChI is InChI=1S/C20H25N5O4/c1-14-22-17(19(26)21-6-7-25-8-10-29-11-9-25)13-18(23-14)24-16-5-3-4-15(12-16)20(27)28-2/h3-5,12-13H,6-11H2,1-2H3,(H,21,26)(H,22,23,24). The van der Waals surface area contributed by atoms with Gasteiger partial charge in [0.05, 0.1) is 25.9 Å². The first-order valence-corrected chi connectivity index (χ1v) is 9.44. The summed E-state index contributed by atoms with van der Waals surface area (Å²) in [7, 11) is 1.33. The quantitative estimate of drug-likeness (QED) is 0.673. The van der Waals surface area contributed by atoms with Gasteiger partial charge in [0.1, 0.15) is 17.3 Å². The lowest BCUT2D eigenvalue weighted by Crippen LogP contribution is -2.41. The van der Waals surface area contributed by atoms with Gasteiger partial charge in [-0.1, -0.05) is 6.07 Å². The van der Waals surface area contributed by atoms with Crippen LogP contribution in [0.2, 0.25) is 0 Å². The molecule has 1 aromatic heterocycles. The number of rotatable bonds is 7. The van der Waals surface area contributed by atoms with Crippen LogP contribution >= 0.6 is 0 Å². The number of carbonyl (C=O) groups is 2. The van der Waals surface area contributed by atoms with Crippen molar-refractivity contribution >= 4 is 23.4 Å². The lowest BCUT2D eigenvalue weighted by atomic mass is 10.2. The number of hydrogen-bond donors (Lipinski definition) is 2. The fraction of sp³-hybridized carbons (Fsp3) is 0.400. The largest absolute Gasteiger partial charge is 0.465 e. The van der Waals surface area contributed by atoms with E-state index >= 15 is 0 Å². The van der Waals surface area contributed by atoms with Gasteiger partial charge in [0.25, 0.3) is 5.91 Å². The molecule has 1 amide bonds. The van der Waals surface area contributed by atoms with Crippen LogP contribution in [0.1, 0.15) is 26.7 Å². The van der Waals surface area contributed by atoms with Crippen LogP contribution in [0.25, 0.3) is 0 Å². The van der Waals surface area contributed by atoms with Gasteiger partial charge in [0, 0.05) is 37.9 Å². The number of hydrogen-bond acceptors (Lipinski definition) is 8. The molecule has 0 atom stereocenters. The molecule has 0 saturated carbocycles. The summed E-state index contributed by atoms with van der Waals surface area (Å²) in [6.45, 7) is 6.23. The zero-order valence-corrected chi connectivity index (χ0v) is 16.6. The van der Waals surface area contributed by atoms with Crippen LogP contribution in [-0.4, -0.2) is 73.2 Å². The summed E-state index contributed by atoms with van der Waals surface area (Å²) in [5.74, 6) is 0.262. The lowest BCUT2D eigenvalue weighted by Gasteiger charge is -2.26. The Bertz CT molecular complexity index is 868. The summed E-state index contributed by atoms with van der Waals surface area (Å²) in [5, 5.41) is 6.00. The molecule has 1 saturated heterocycles. The molecule has 2 aromatic rings. The van der Waals surface area contributed by atoms with Crippen molar-refractivity contribution in [3.8, 4) is 0 Å². The molecule has 2 N–H and O–H groups in total. The number of carbonyl (C=O) groups excluding carboxylic acids is 2. The average Bonchev–Trinajstić information content (AvgIpc) is 2.73. The Morgan fingerprint density at radius 2 is 2.00 bits per heavy atom. The molecule has 0 aliphatic carbocycles. The summed E-state index contributed by atoms with van der Waals surface area (Å²) in [4.78, 5) is 35.0. The molecule has 3 rings (SSSR count). The number of esters is 1. The minimum absolute atomic E-state index is 0.255. The second kappa shape index (κ2) is 9.94. The van der Waals surface area contributed by atoms with Crippen LogP contribution in [-0.2, 0) is 9.47 Å². The van der Waals surface area contributed by atoms with Gasteiger partial charge < -0.3 is 20.1 Å². The Labute approximate surface area is 169 Å². The summed E-state index contributed by atoms with van der Waals surface area (Å²) in [5.41, 5.74) is 1.36. The number of aromatic nitrogens is 2. The van der Waals surface area contributed by atoms with E-state index in [2.05, 4.69) is 25.5 Å². The summed E-state index contributed by atoms with van der Waals surface area (Å²) in [6, 6.07) is 8.44. The van der Waals surface area contributed by atoms with E-state index in [1.165, 1.54) is 7.11 Å². The molecular weight excluding hydrogens is 374 g/mol. The Balaban J connectivity index is 1.63. The Morgan fingerprint density at radius 3 is 2.76 bits per heavy atom. The van der Waals surface area contributed by atoms with Crippen molar-refractivity contribution in [1.29, 1.82) is 0 Å². The number of methoxy groups -OCH3 is 1. The monoisotopic (exact) mass is 399 g/mol. The fourth-order valence-corrected chi connectivity index (χ4v) is 2.98. The molecule has 1 aliphatic heterocycles. The number of aryl methyl sites for hydroxylation is 1. The second-order valence-electron chi connectivity index (χ2n) is 6.59. The fourth-order valence-electron chi connectivity index (χ4n) is 2.98. The van der Waals surface area contributed by atoms with E-state index in [0.29, 0.717) is 29.4 Å². The van der Waals surface area contributed by atoms with E-state index in [9.17, 15) is 9.59 Å². The third-order valence-electron chi connectivity index (χ3n) is 4.44. The first-order valence-electron chi connectivity index (χ1n) is 9.44. The Hall–Kier alpha value is -3.04. The van der Waals surface area contributed by atoms with Gasteiger partial charge in [-0.25, -0.2) is 14.8 Å². The molecule has 1 aromatic carbocycles. The zero-order valence-electron chi connectivity index (χ0n) is 16.6. The molecule has 9 heteroatoms. The molecule has 0 spiro atoms. The average molecular weight is 399 g/mol. The van der Waals surface area contributed by atoms with Gasteiger partial charge >= 0.3 is 5.97 Å². The lowest BCUT2D eigenvalue weighted by molar-refractivity contribution is 0.0383. The maximum absolute atomic E-state index is 12.5. The van der Waals surface area contributed by atoms with E-state index in [4.69, 9.17) is 9.47 Å². The first kappa shape index (κ1) is 20.7. The zero-order chi connectivity index (χ0) is 20.6. The van der Waals surface area contributed by atoms with E-state index in [1.807, 2.05) is 0 Å². The SMILES string of the molecule is COC(=O)c1cccc(Nc2cc(C(=O)NCCN3CCOCC3)nc(C)n2)c1. The van der Waals surface area contributed by atoms with Crippen LogP contribution in [0.5, 0.6) is 0 Å². The van der Waals surface area contributed by atoms with Crippen molar-refractivity contribution in [3.05, 3.63) is 47.4 Å². The third kappa shape index (κ3) is 5.97. The smallest absolute Gasteiger partial charge is 0.337 e. The van der Waals surface area contributed by atoms with Crippen LogP contribution in [0.4, 0.5) is 11.5 Å². The molecule has 29 heavy (non-hydrogen) atoms. The number of nitrogens with zero attached hydrogens (tertiary/aromatic N) is 3. The van der Waals surface area contributed by atoms with Gasteiger partial charge in [-0.2, -0.15) is 0 Å². The van der Waals surface area contributed by atoms with Gasteiger partial charge in [-0.3, -0.25) is 9.69 Å². The molecular formula is C20H25N5O4. The Kier molecular flexibility index (Phi) is 7.09. The van der Waals surface area contributed by atoms with Crippen molar-refractivity contribution in [3.63, 3.8) is 0 Å². The highest BCUT2D eigenvalue weighted by Crippen LogP contribution is 2.17. The maximum atomic E-state index is 12.5. The highest BCUT2D eigenvalue weighted by molar-refractivity contribution is 5.93. The van der Waals surface area contributed by atoms with Gasteiger partial charge in [0.15, 0.2) is 0 Å². The number of nitrogens with one attached hydrogen (secondary N) is 2. The first-order chi connectivity index (χ1) is 14.0. The Morgan fingerprint density at radius 1 is 1.21 bits per heavy atom. The number of benzene rings is 1. The van der Waals surface area contributed by atoms with Crippen LogP contribution < -0.4 is 10.6 Å².